The van der Waals surface area contributed by atoms with Gasteiger partial charge in [0, 0.05) is 25.5 Å². The molecule has 0 atom stereocenters. The second kappa shape index (κ2) is 6.95. The number of nitrogens with zero attached hydrogens (tertiary/aromatic N) is 2. The lowest BCUT2D eigenvalue weighted by Gasteiger charge is -2.18. The van der Waals surface area contributed by atoms with Crippen LogP contribution in [-0.2, 0) is 6.54 Å². The minimum atomic E-state index is 0.139. The van der Waals surface area contributed by atoms with Crippen LogP contribution >= 0.6 is 45.2 Å². The van der Waals surface area contributed by atoms with Gasteiger partial charge in [0.05, 0.1) is 7.14 Å². The highest BCUT2D eigenvalue weighted by Gasteiger charge is 2.04. The second-order valence-corrected chi connectivity index (χ2v) is 5.87. The zero-order chi connectivity index (χ0) is 12.1. The molecule has 0 unspecified atom stereocenters. The molecule has 0 bridgehead atoms. The summed E-state index contributed by atoms with van der Waals surface area (Å²) in [5.74, 6) is 0. The Morgan fingerprint density at radius 3 is 2.12 bits per heavy atom. The molecule has 0 aliphatic rings. The van der Waals surface area contributed by atoms with Crippen LogP contribution in [-0.4, -0.2) is 29.1 Å². The largest absolute Gasteiger partial charge is 0.351 e. The summed E-state index contributed by atoms with van der Waals surface area (Å²) in [5.41, 5.74) is 0.139. The first-order chi connectivity index (χ1) is 7.58. The van der Waals surface area contributed by atoms with Crippen molar-refractivity contribution in [2.45, 2.75) is 20.4 Å². The lowest BCUT2D eigenvalue weighted by molar-refractivity contribution is 0.290. The van der Waals surface area contributed by atoms with Crippen LogP contribution in [0, 0.1) is 7.14 Å². The van der Waals surface area contributed by atoms with Crippen LogP contribution in [0.4, 0.5) is 0 Å². The Bertz CT molecular complexity index is 373. The van der Waals surface area contributed by atoms with Crippen molar-refractivity contribution < 1.29 is 0 Å². The Kier molecular flexibility index (Phi) is 6.27. The van der Waals surface area contributed by atoms with Gasteiger partial charge in [0.25, 0.3) is 0 Å². The molecule has 0 fully saturated rings. The molecule has 0 aliphatic carbocycles. The predicted molar refractivity (Wildman–Crippen MR) is 83.9 cm³/mol. The zero-order valence-electron chi connectivity index (χ0n) is 9.54. The molecule has 1 aromatic rings. The fourth-order valence-electron chi connectivity index (χ4n) is 1.49. The summed E-state index contributed by atoms with van der Waals surface area (Å²) in [5, 5.41) is 0. The Balaban J connectivity index is 2.71. The Hall–Kier alpha value is 0.370. The molecule has 1 rings (SSSR count). The molecule has 0 aliphatic heterocycles. The molecule has 0 N–H and O–H groups in total. The van der Waals surface area contributed by atoms with E-state index < -0.39 is 0 Å². The summed E-state index contributed by atoms with van der Waals surface area (Å²) in [4.78, 5) is 13.9. The van der Waals surface area contributed by atoms with Crippen LogP contribution in [0.25, 0.3) is 0 Å². The van der Waals surface area contributed by atoms with Crippen LogP contribution in [0.2, 0.25) is 0 Å². The van der Waals surface area contributed by atoms with Crippen molar-refractivity contribution in [3.05, 3.63) is 29.8 Å². The third kappa shape index (κ3) is 3.99. The average Bonchev–Trinajstić information content (AvgIpc) is 2.27. The maximum atomic E-state index is 11.5. The van der Waals surface area contributed by atoms with E-state index in [9.17, 15) is 4.79 Å². The van der Waals surface area contributed by atoms with Gasteiger partial charge in [0.2, 0.25) is 5.43 Å². The monoisotopic (exact) mass is 446 g/mol. The number of aromatic nitrogens is 1. The molecule has 1 aromatic heterocycles. The summed E-state index contributed by atoms with van der Waals surface area (Å²) < 4.78 is 3.69. The lowest BCUT2D eigenvalue weighted by Crippen LogP contribution is -2.27. The van der Waals surface area contributed by atoms with E-state index in [1.165, 1.54) is 0 Å². The van der Waals surface area contributed by atoms with Gasteiger partial charge in [0.15, 0.2) is 0 Å². The smallest absolute Gasteiger partial charge is 0.208 e. The molecular formula is C11H16I2N2O. The Labute approximate surface area is 123 Å². The third-order valence-corrected chi connectivity index (χ3v) is 4.10. The first-order valence-corrected chi connectivity index (χ1v) is 7.51. The van der Waals surface area contributed by atoms with Crippen LogP contribution < -0.4 is 5.43 Å². The zero-order valence-corrected chi connectivity index (χ0v) is 13.9. The SMILES string of the molecule is CCN(CC)CCn1cc(I)c(=O)c(I)c1. The fraction of sp³-hybridized carbons (Fsp3) is 0.545. The molecule has 0 saturated carbocycles. The normalized spacial score (nSPS) is 11.1. The Morgan fingerprint density at radius 1 is 1.19 bits per heavy atom. The molecular weight excluding hydrogens is 430 g/mol. The van der Waals surface area contributed by atoms with Gasteiger partial charge < -0.3 is 9.47 Å². The number of pyridine rings is 1. The van der Waals surface area contributed by atoms with Crippen molar-refractivity contribution in [3.8, 4) is 0 Å². The van der Waals surface area contributed by atoms with E-state index in [1.807, 2.05) is 12.4 Å². The van der Waals surface area contributed by atoms with Gasteiger partial charge in [-0.15, -0.1) is 0 Å². The molecule has 3 nitrogen and oxygen atoms in total. The molecule has 0 amide bonds. The van der Waals surface area contributed by atoms with E-state index in [2.05, 4.69) is 68.5 Å². The summed E-state index contributed by atoms with van der Waals surface area (Å²) in [7, 11) is 0. The van der Waals surface area contributed by atoms with Gasteiger partial charge in [0.1, 0.15) is 0 Å². The van der Waals surface area contributed by atoms with Crippen LogP contribution in [0.5, 0.6) is 0 Å². The highest BCUT2D eigenvalue weighted by atomic mass is 127. The average molecular weight is 446 g/mol. The van der Waals surface area contributed by atoms with E-state index in [4.69, 9.17) is 0 Å². The van der Waals surface area contributed by atoms with Gasteiger partial charge in [-0.05, 0) is 58.3 Å². The minimum Gasteiger partial charge on any atom is -0.351 e. The van der Waals surface area contributed by atoms with E-state index in [0.717, 1.165) is 33.3 Å². The molecule has 0 saturated heterocycles. The van der Waals surface area contributed by atoms with Crippen molar-refractivity contribution in [3.63, 3.8) is 0 Å². The fourth-order valence-corrected chi connectivity index (χ4v) is 3.30. The van der Waals surface area contributed by atoms with E-state index in [0.29, 0.717) is 0 Å². The van der Waals surface area contributed by atoms with E-state index in [1.54, 1.807) is 0 Å². The van der Waals surface area contributed by atoms with E-state index in [-0.39, 0.29) is 5.43 Å². The van der Waals surface area contributed by atoms with Crippen LogP contribution in [0.3, 0.4) is 0 Å². The number of likely N-dealkylation sites (N-methyl/N-ethyl adjacent to an activating group) is 1. The molecule has 90 valence electrons. The quantitative estimate of drug-likeness (QED) is 0.650. The molecule has 1 heterocycles. The topological polar surface area (TPSA) is 25.2 Å². The number of hydrogen-bond acceptors (Lipinski definition) is 2. The summed E-state index contributed by atoms with van der Waals surface area (Å²) in [6.45, 7) is 8.45. The summed E-state index contributed by atoms with van der Waals surface area (Å²) in [6.07, 6.45) is 3.85. The molecule has 16 heavy (non-hydrogen) atoms. The standard InChI is InChI=1S/C11H16I2N2O/c1-3-14(4-2)5-6-15-7-9(12)11(16)10(13)8-15/h7-8H,3-6H2,1-2H3. The molecule has 5 heteroatoms. The Morgan fingerprint density at radius 2 is 1.69 bits per heavy atom. The third-order valence-electron chi connectivity index (χ3n) is 2.56. The van der Waals surface area contributed by atoms with Gasteiger partial charge in [-0.25, -0.2) is 0 Å². The van der Waals surface area contributed by atoms with Crippen LogP contribution in [0.15, 0.2) is 17.2 Å². The van der Waals surface area contributed by atoms with E-state index >= 15 is 0 Å². The molecule has 0 spiro atoms. The summed E-state index contributed by atoms with van der Waals surface area (Å²) in [6, 6.07) is 0. The van der Waals surface area contributed by atoms with Crippen molar-refractivity contribution in [2.24, 2.45) is 0 Å². The second-order valence-electron chi connectivity index (χ2n) is 3.55. The van der Waals surface area contributed by atoms with Gasteiger partial charge >= 0.3 is 0 Å². The summed E-state index contributed by atoms with van der Waals surface area (Å²) >= 11 is 4.20. The number of hydrogen-bond donors (Lipinski definition) is 0. The predicted octanol–water partition coefficient (Wildman–Crippen LogP) is 2.40. The lowest BCUT2D eigenvalue weighted by atomic mass is 10.4. The van der Waals surface area contributed by atoms with Crippen LogP contribution in [0.1, 0.15) is 13.8 Å². The maximum Gasteiger partial charge on any atom is 0.208 e. The highest BCUT2D eigenvalue weighted by Crippen LogP contribution is 2.04. The first-order valence-electron chi connectivity index (χ1n) is 5.35. The van der Waals surface area contributed by atoms with Gasteiger partial charge in [-0.2, -0.15) is 0 Å². The highest BCUT2D eigenvalue weighted by molar-refractivity contribution is 14.1. The number of halogens is 2. The molecule has 0 aromatic carbocycles. The van der Waals surface area contributed by atoms with Crippen molar-refractivity contribution in [1.82, 2.24) is 9.47 Å². The van der Waals surface area contributed by atoms with Gasteiger partial charge in [-0.1, -0.05) is 13.8 Å². The minimum absolute atomic E-state index is 0.139. The van der Waals surface area contributed by atoms with Gasteiger partial charge in [-0.3, -0.25) is 4.79 Å². The van der Waals surface area contributed by atoms with Crippen molar-refractivity contribution in [2.75, 3.05) is 19.6 Å². The van der Waals surface area contributed by atoms with Crippen molar-refractivity contribution >= 4 is 45.2 Å². The molecule has 0 radical (unpaired) electrons. The van der Waals surface area contributed by atoms with Crippen molar-refractivity contribution in [1.29, 1.82) is 0 Å². The number of rotatable bonds is 5. The maximum absolute atomic E-state index is 11.5. The first kappa shape index (κ1) is 14.4.